The minimum absolute atomic E-state index is 0.169. The highest BCUT2D eigenvalue weighted by Gasteiger charge is 2.15. The summed E-state index contributed by atoms with van der Waals surface area (Å²) in [5, 5.41) is 2.62. The molecule has 0 saturated heterocycles. The van der Waals surface area contributed by atoms with Crippen molar-refractivity contribution in [3.05, 3.63) is 64.8 Å². The molecular formula is C17H13BrN2O2. The van der Waals surface area contributed by atoms with Crippen molar-refractivity contribution in [2.24, 2.45) is 0 Å². The van der Waals surface area contributed by atoms with Gasteiger partial charge in [0.25, 0.3) is 5.91 Å². The van der Waals surface area contributed by atoms with Crippen molar-refractivity contribution in [3.8, 4) is 22.8 Å². The van der Waals surface area contributed by atoms with Crippen LogP contribution in [-0.2, 0) is 0 Å². The van der Waals surface area contributed by atoms with Gasteiger partial charge in [0.05, 0.1) is 11.8 Å². The fourth-order valence-corrected chi connectivity index (χ4v) is 2.58. The number of rotatable bonds is 3. The molecule has 0 aliphatic rings. The van der Waals surface area contributed by atoms with Gasteiger partial charge in [0.15, 0.2) is 5.76 Å². The Morgan fingerprint density at radius 1 is 1.18 bits per heavy atom. The summed E-state index contributed by atoms with van der Waals surface area (Å²) in [6.07, 6.45) is 1.66. The van der Waals surface area contributed by atoms with Crippen molar-refractivity contribution in [1.82, 2.24) is 10.3 Å². The average Bonchev–Trinajstić information content (AvgIpc) is 3.04. The summed E-state index contributed by atoms with van der Waals surface area (Å²) in [6.45, 7) is 0. The van der Waals surface area contributed by atoms with Crippen LogP contribution in [0.25, 0.3) is 22.8 Å². The van der Waals surface area contributed by atoms with Crippen molar-refractivity contribution in [1.29, 1.82) is 0 Å². The number of nitrogens with one attached hydrogen (secondary N) is 1. The first kappa shape index (κ1) is 14.5. The fourth-order valence-electron chi connectivity index (χ4n) is 2.18. The topological polar surface area (TPSA) is 55.1 Å². The van der Waals surface area contributed by atoms with E-state index in [4.69, 9.17) is 4.42 Å². The van der Waals surface area contributed by atoms with E-state index < -0.39 is 0 Å². The van der Waals surface area contributed by atoms with E-state index in [0.29, 0.717) is 22.8 Å². The molecule has 0 bridgehead atoms. The first-order valence-electron chi connectivity index (χ1n) is 6.72. The van der Waals surface area contributed by atoms with Crippen LogP contribution in [0.1, 0.15) is 10.4 Å². The quantitative estimate of drug-likeness (QED) is 0.767. The molecule has 3 aromatic rings. The maximum absolute atomic E-state index is 11.9. The summed E-state index contributed by atoms with van der Waals surface area (Å²) in [4.78, 5) is 16.3. The number of aromatic nitrogens is 1. The predicted molar refractivity (Wildman–Crippen MR) is 88.5 cm³/mol. The molecule has 4 nitrogen and oxygen atoms in total. The Morgan fingerprint density at radius 3 is 2.77 bits per heavy atom. The first-order chi connectivity index (χ1) is 10.7. The average molecular weight is 357 g/mol. The number of halogens is 1. The molecule has 1 aromatic heterocycles. The lowest BCUT2D eigenvalue weighted by Crippen LogP contribution is -2.18. The maximum Gasteiger partial charge on any atom is 0.251 e. The number of carbonyl (C=O) groups is 1. The van der Waals surface area contributed by atoms with Crippen LogP contribution in [0.15, 0.2) is 63.6 Å². The number of amides is 1. The molecule has 1 heterocycles. The second-order valence-corrected chi connectivity index (χ2v) is 5.58. The second-order valence-electron chi connectivity index (χ2n) is 4.66. The van der Waals surface area contributed by atoms with Gasteiger partial charge in [-0.15, -0.1) is 0 Å². The van der Waals surface area contributed by atoms with Gasteiger partial charge >= 0.3 is 0 Å². The molecule has 1 N–H and O–H groups in total. The van der Waals surface area contributed by atoms with Crippen molar-refractivity contribution < 1.29 is 9.21 Å². The SMILES string of the molecule is CNC(=O)c1ccccc1-c1ncc(-c2cccc(Br)c2)o1. The Hall–Kier alpha value is -2.40. The highest BCUT2D eigenvalue weighted by molar-refractivity contribution is 9.10. The van der Waals surface area contributed by atoms with Crippen molar-refractivity contribution in [3.63, 3.8) is 0 Å². The molecule has 5 heteroatoms. The molecule has 0 spiro atoms. The molecule has 0 fully saturated rings. The van der Waals surface area contributed by atoms with Gasteiger partial charge in [0.1, 0.15) is 0 Å². The van der Waals surface area contributed by atoms with Crippen LogP contribution in [0.3, 0.4) is 0 Å². The van der Waals surface area contributed by atoms with Crippen molar-refractivity contribution >= 4 is 21.8 Å². The van der Waals surface area contributed by atoms with Crippen LogP contribution in [0, 0.1) is 0 Å². The van der Waals surface area contributed by atoms with Gasteiger partial charge in [0, 0.05) is 22.6 Å². The van der Waals surface area contributed by atoms with E-state index in [2.05, 4.69) is 26.2 Å². The third-order valence-electron chi connectivity index (χ3n) is 3.24. The fraction of sp³-hybridized carbons (Fsp3) is 0.0588. The van der Waals surface area contributed by atoms with E-state index in [1.54, 1.807) is 19.3 Å². The number of hydrogen-bond donors (Lipinski definition) is 1. The van der Waals surface area contributed by atoms with E-state index in [0.717, 1.165) is 10.0 Å². The van der Waals surface area contributed by atoms with Crippen LogP contribution in [0.5, 0.6) is 0 Å². The number of benzene rings is 2. The summed E-state index contributed by atoms with van der Waals surface area (Å²) >= 11 is 3.44. The second kappa shape index (κ2) is 6.15. The van der Waals surface area contributed by atoms with Crippen LogP contribution in [0.2, 0.25) is 0 Å². The Bertz CT molecular complexity index is 827. The predicted octanol–water partition coefficient (Wildman–Crippen LogP) is 4.13. The molecule has 0 aliphatic heterocycles. The van der Waals surface area contributed by atoms with Crippen LogP contribution in [-0.4, -0.2) is 17.9 Å². The molecule has 0 unspecified atom stereocenters. The third kappa shape index (κ3) is 2.80. The Labute approximate surface area is 136 Å². The molecule has 2 aromatic carbocycles. The first-order valence-corrected chi connectivity index (χ1v) is 7.51. The number of hydrogen-bond acceptors (Lipinski definition) is 3. The summed E-state index contributed by atoms with van der Waals surface area (Å²) in [6, 6.07) is 15.0. The molecule has 3 rings (SSSR count). The van der Waals surface area contributed by atoms with Gasteiger partial charge in [0.2, 0.25) is 5.89 Å². The molecule has 0 radical (unpaired) electrons. The van der Waals surface area contributed by atoms with Crippen LogP contribution < -0.4 is 5.32 Å². The Morgan fingerprint density at radius 2 is 2.00 bits per heavy atom. The molecule has 110 valence electrons. The van der Waals surface area contributed by atoms with Crippen molar-refractivity contribution in [2.45, 2.75) is 0 Å². The standard InChI is InChI=1S/C17H13BrN2O2/c1-19-16(21)13-7-2-3-8-14(13)17-20-10-15(22-17)11-5-4-6-12(18)9-11/h2-10H,1H3,(H,19,21). The van der Waals surface area contributed by atoms with Gasteiger partial charge in [-0.3, -0.25) is 4.79 Å². The lowest BCUT2D eigenvalue weighted by atomic mass is 10.1. The zero-order valence-corrected chi connectivity index (χ0v) is 13.4. The summed E-state index contributed by atoms with van der Waals surface area (Å²) in [7, 11) is 1.60. The lowest BCUT2D eigenvalue weighted by Gasteiger charge is -2.04. The van der Waals surface area contributed by atoms with Crippen molar-refractivity contribution in [2.75, 3.05) is 7.05 Å². The van der Waals surface area contributed by atoms with E-state index in [1.807, 2.05) is 42.5 Å². The van der Waals surface area contributed by atoms with Gasteiger partial charge in [-0.05, 0) is 24.3 Å². The smallest absolute Gasteiger partial charge is 0.251 e. The largest absolute Gasteiger partial charge is 0.436 e. The maximum atomic E-state index is 11.9. The summed E-state index contributed by atoms with van der Waals surface area (Å²) < 4.78 is 6.80. The number of oxazole rings is 1. The van der Waals surface area contributed by atoms with Gasteiger partial charge in [-0.2, -0.15) is 0 Å². The summed E-state index contributed by atoms with van der Waals surface area (Å²) in [5.41, 5.74) is 2.13. The zero-order chi connectivity index (χ0) is 15.5. The normalized spacial score (nSPS) is 10.5. The van der Waals surface area contributed by atoms with E-state index in [-0.39, 0.29) is 5.91 Å². The van der Waals surface area contributed by atoms with E-state index in [1.165, 1.54) is 0 Å². The van der Waals surface area contributed by atoms with Gasteiger partial charge in [-0.1, -0.05) is 40.2 Å². The molecule has 0 atom stereocenters. The third-order valence-corrected chi connectivity index (χ3v) is 3.74. The van der Waals surface area contributed by atoms with Crippen LogP contribution in [0.4, 0.5) is 0 Å². The number of nitrogens with zero attached hydrogens (tertiary/aromatic N) is 1. The Kier molecular flexibility index (Phi) is 4.06. The molecule has 0 saturated carbocycles. The molecule has 1 amide bonds. The van der Waals surface area contributed by atoms with E-state index >= 15 is 0 Å². The molecule has 0 aliphatic carbocycles. The minimum atomic E-state index is -0.169. The molecule has 22 heavy (non-hydrogen) atoms. The van der Waals surface area contributed by atoms with E-state index in [9.17, 15) is 4.79 Å². The highest BCUT2D eigenvalue weighted by atomic mass is 79.9. The van der Waals surface area contributed by atoms with Crippen LogP contribution >= 0.6 is 15.9 Å². The monoisotopic (exact) mass is 356 g/mol. The molecular weight excluding hydrogens is 344 g/mol. The Balaban J connectivity index is 2.03. The number of carbonyl (C=O) groups excluding carboxylic acids is 1. The highest BCUT2D eigenvalue weighted by Crippen LogP contribution is 2.29. The lowest BCUT2D eigenvalue weighted by molar-refractivity contribution is 0.0963. The van der Waals surface area contributed by atoms with Gasteiger partial charge < -0.3 is 9.73 Å². The van der Waals surface area contributed by atoms with Gasteiger partial charge in [-0.25, -0.2) is 4.98 Å². The summed E-state index contributed by atoms with van der Waals surface area (Å²) in [5.74, 6) is 0.912. The minimum Gasteiger partial charge on any atom is -0.436 e. The zero-order valence-electron chi connectivity index (χ0n) is 11.8.